The molecule has 5 heteroatoms. The Bertz CT molecular complexity index is 405. The molecule has 0 aliphatic carbocycles. The van der Waals surface area contributed by atoms with Gasteiger partial charge in [0.05, 0.1) is 17.6 Å². The third-order valence-corrected chi connectivity index (χ3v) is 2.52. The SMILES string of the molecule is Cc1ccc(OCCCNC(C)C)cc1[N+](=O)[O-]. The molecule has 0 amide bonds. The average molecular weight is 252 g/mol. The zero-order valence-corrected chi connectivity index (χ0v) is 11.1. The van der Waals surface area contributed by atoms with Crippen molar-refractivity contribution in [1.29, 1.82) is 0 Å². The first kappa shape index (κ1) is 14.4. The molecular weight excluding hydrogens is 232 g/mol. The van der Waals surface area contributed by atoms with E-state index in [1.807, 2.05) is 0 Å². The quantitative estimate of drug-likeness (QED) is 0.460. The van der Waals surface area contributed by atoms with Crippen molar-refractivity contribution in [2.75, 3.05) is 13.2 Å². The number of nitrogens with one attached hydrogen (secondary N) is 1. The number of hydrogen-bond donors (Lipinski definition) is 1. The van der Waals surface area contributed by atoms with Crippen LogP contribution in [0.3, 0.4) is 0 Å². The minimum Gasteiger partial charge on any atom is -0.493 e. The number of ether oxygens (including phenoxy) is 1. The van der Waals surface area contributed by atoms with Crippen molar-refractivity contribution >= 4 is 5.69 Å². The predicted molar refractivity (Wildman–Crippen MR) is 71.1 cm³/mol. The fourth-order valence-corrected chi connectivity index (χ4v) is 1.53. The van der Waals surface area contributed by atoms with Gasteiger partial charge in [-0.25, -0.2) is 0 Å². The molecule has 0 bridgehead atoms. The Morgan fingerprint density at radius 2 is 2.17 bits per heavy atom. The maximum absolute atomic E-state index is 10.8. The standard InChI is InChI=1S/C13H20N2O3/c1-10(2)14-7-4-8-18-12-6-5-11(3)13(9-12)15(16)17/h5-6,9-10,14H,4,7-8H2,1-3H3. The number of hydrogen-bond acceptors (Lipinski definition) is 4. The molecule has 0 aromatic heterocycles. The highest BCUT2D eigenvalue weighted by molar-refractivity contribution is 5.45. The fraction of sp³-hybridized carbons (Fsp3) is 0.538. The Morgan fingerprint density at radius 3 is 2.78 bits per heavy atom. The molecule has 1 N–H and O–H groups in total. The van der Waals surface area contributed by atoms with Crippen LogP contribution in [0.15, 0.2) is 18.2 Å². The van der Waals surface area contributed by atoms with Gasteiger partial charge >= 0.3 is 0 Å². The second-order valence-electron chi connectivity index (χ2n) is 4.52. The lowest BCUT2D eigenvalue weighted by Crippen LogP contribution is -2.24. The van der Waals surface area contributed by atoms with Crippen molar-refractivity contribution in [2.24, 2.45) is 0 Å². The summed E-state index contributed by atoms with van der Waals surface area (Å²) in [6, 6.07) is 5.41. The van der Waals surface area contributed by atoms with E-state index in [9.17, 15) is 10.1 Å². The number of nitro benzene ring substituents is 1. The normalized spacial score (nSPS) is 10.7. The van der Waals surface area contributed by atoms with Crippen LogP contribution >= 0.6 is 0 Å². The second kappa shape index (κ2) is 6.96. The predicted octanol–water partition coefficient (Wildman–Crippen LogP) is 2.67. The summed E-state index contributed by atoms with van der Waals surface area (Å²) in [4.78, 5) is 10.4. The van der Waals surface area contributed by atoms with E-state index in [-0.39, 0.29) is 10.6 Å². The zero-order chi connectivity index (χ0) is 13.5. The van der Waals surface area contributed by atoms with E-state index in [2.05, 4.69) is 19.2 Å². The lowest BCUT2D eigenvalue weighted by molar-refractivity contribution is -0.385. The Balaban J connectivity index is 2.43. The molecule has 0 fully saturated rings. The monoisotopic (exact) mass is 252 g/mol. The van der Waals surface area contributed by atoms with Crippen molar-refractivity contribution in [3.63, 3.8) is 0 Å². The van der Waals surface area contributed by atoms with E-state index in [1.165, 1.54) is 6.07 Å². The summed E-state index contributed by atoms with van der Waals surface area (Å²) in [7, 11) is 0. The van der Waals surface area contributed by atoms with Crippen LogP contribution < -0.4 is 10.1 Å². The Kier molecular flexibility index (Phi) is 5.58. The third-order valence-electron chi connectivity index (χ3n) is 2.52. The van der Waals surface area contributed by atoms with Gasteiger partial charge in [0, 0.05) is 11.6 Å². The Hall–Kier alpha value is -1.62. The van der Waals surface area contributed by atoms with E-state index in [1.54, 1.807) is 19.1 Å². The summed E-state index contributed by atoms with van der Waals surface area (Å²) >= 11 is 0. The molecule has 0 atom stereocenters. The summed E-state index contributed by atoms with van der Waals surface area (Å²) in [5.41, 5.74) is 0.752. The molecule has 0 spiro atoms. The van der Waals surface area contributed by atoms with Gasteiger partial charge < -0.3 is 10.1 Å². The lowest BCUT2D eigenvalue weighted by atomic mass is 10.2. The summed E-state index contributed by atoms with van der Waals surface area (Å²) in [5, 5.41) is 14.0. The Labute approximate surface area is 107 Å². The summed E-state index contributed by atoms with van der Waals surface area (Å²) in [6.45, 7) is 7.33. The molecule has 5 nitrogen and oxygen atoms in total. The first-order valence-electron chi connectivity index (χ1n) is 6.12. The summed E-state index contributed by atoms with van der Waals surface area (Å²) in [6.07, 6.45) is 0.875. The fourth-order valence-electron chi connectivity index (χ4n) is 1.53. The van der Waals surface area contributed by atoms with Crippen molar-refractivity contribution in [3.05, 3.63) is 33.9 Å². The van der Waals surface area contributed by atoms with Crippen molar-refractivity contribution in [1.82, 2.24) is 5.32 Å². The van der Waals surface area contributed by atoms with E-state index in [4.69, 9.17) is 4.74 Å². The molecule has 18 heavy (non-hydrogen) atoms. The van der Waals surface area contributed by atoms with Gasteiger partial charge in [-0.2, -0.15) is 0 Å². The Morgan fingerprint density at radius 1 is 1.44 bits per heavy atom. The number of nitrogens with zero attached hydrogens (tertiary/aromatic N) is 1. The van der Waals surface area contributed by atoms with Gasteiger partial charge in [-0.15, -0.1) is 0 Å². The largest absolute Gasteiger partial charge is 0.493 e. The molecule has 1 aromatic rings. The van der Waals surface area contributed by atoms with Gasteiger partial charge in [0.1, 0.15) is 5.75 Å². The first-order valence-corrected chi connectivity index (χ1v) is 6.12. The molecule has 0 heterocycles. The second-order valence-corrected chi connectivity index (χ2v) is 4.52. The number of aryl methyl sites for hydroxylation is 1. The lowest BCUT2D eigenvalue weighted by Gasteiger charge is -2.09. The van der Waals surface area contributed by atoms with Gasteiger partial charge in [-0.05, 0) is 32.0 Å². The molecule has 0 saturated heterocycles. The molecule has 0 aliphatic rings. The highest BCUT2D eigenvalue weighted by atomic mass is 16.6. The molecule has 0 radical (unpaired) electrons. The average Bonchev–Trinajstić information content (AvgIpc) is 2.30. The molecular formula is C13H20N2O3. The summed E-state index contributed by atoms with van der Waals surface area (Å²) in [5.74, 6) is 0.553. The first-order chi connectivity index (χ1) is 8.50. The molecule has 0 saturated carbocycles. The van der Waals surface area contributed by atoms with Crippen LogP contribution in [-0.2, 0) is 0 Å². The molecule has 1 aromatic carbocycles. The molecule has 0 unspecified atom stereocenters. The molecule has 1 rings (SSSR count). The van der Waals surface area contributed by atoms with Crippen LogP contribution in [-0.4, -0.2) is 24.1 Å². The van der Waals surface area contributed by atoms with Gasteiger partial charge in [-0.3, -0.25) is 10.1 Å². The molecule has 100 valence electrons. The summed E-state index contributed by atoms with van der Waals surface area (Å²) < 4.78 is 5.49. The van der Waals surface area contributed by atoms with Crippen LogP contribution in [0, 0.1) is 17.0 Å². The number of benzene rings is 1. The van der Waals surface area contributed by atoms with Crippen LogP contribution in [0.1, 0.15) is 25.8 Å². The van der Waals surface area contributed by atoms with Crippen molar-refractivity contribution in [3.8, 4) is 5.75 Å². The number of nitro groups is 1. The van der Waals surface area contributed by atoms with E-state index < -0.39 is 0 Å². The van der Waals surface area contributed by atoms with Crippen LogP contribution in [0.5, 0.6) is 5.75 Å². The maximum atomic E-state index is 10.8. The van der Waals surface area contributed by atoms with Gasteiger partial charge in [0.25, 0.3) is 5.69 Å². The van der Waals surface area contributed by atoms with Gasteiger partial charge in [-0.1, -0.05) is 13.8 Å². The minimum atomic E-state index is -0.386. The highest BCUT2D eigenvalue weighted by Gasteiger charge is 2.11. The van der Waals surface area contributed by atoms with E-state index in [0.717, 1.165) is 13.0 Å². The van der Waals surface area contributed by atoms with Crippen molar-refractivity contribution < 1.29 is 9.66 Å². The van der Waals surface area contributed by atoms with Crippen LogP contribution in [0.25, 0.3) is 0 Å². The minimum absolute atomic E-state index is 0.104. The third kappa shape index (κ3) is 4.71. The highest BCUT2D eigenvalue weighted by Crippen LogP contribution is 2.23. The van der Waals surface area contributed by atoms with Crippen LogP contribution in [0.2, 0.25) is 0 Å². The van der Waals surface area contributed by atoms with Crippen LogP contribution in [0.4, 0.5) is 5.69 Å². The van der Waals surface area contributed by atoms with Gasteiger partial charge in [0.2, 0.25) is 0 Å². The van der Waals surface area contributed by atoms with E-state index >= 15 is 0 Å². The number of rotatable bonds is 7. The maximum Gasteiger partial charge on any atom is 0.275 e. The van der Waals surface area contributed by atoms with Gasteiger partial charge in [0.15, 0.2) is 0 Å². The van der Waals surface area contributed by atoms with Crippen molar-refractivity contribution in [2.45, 2.75) is 33.2 Å². The topological polar surface area (TPSA) is 64.4 Å². The molecule has 0 aliphatic heterocycles. The smallest absolute Gasteiger partial charge is 0.275 e. The zero-order valence-electron chi connectivity index (χ0n) is 11.1. The van der Waals surface area contributed by atoms with E-state index in [0.29, 0.717) is 24.0 Å².